The lowest BCUT2D eigenvalue weighted by molar-refractivity contribution is -0.145. The molecule has 1 rings (SSSR count). The van der Waals surface area contributed by atoms with Crippen LogP contribution in [-0.4, -0.2) is 23.7 Å². The zero-order valence-corrected chi connectivity index (χ0v) is 10.1. The molecule has 0 heterocycles. The first kappa shape index (κ1) is 13.5. The van der Waals surface area contributed by atoms with E-state index < -0.39 is 6.04 Å². The number of unbranched alkanes of at least 4 members (excludes halogenated alkanes) is 1. The van der Waals surface area contributed by atoms with Gasteiger partial charge in [0.15, 0.2) is 0 Å². The maximum absolute atomic E-state index is 11.5. The molecule has 17 heavy (non-hydrogen) atoms. The molecule has 0 aromatic heterocycles. The Balaban J connectivity index is 2.43. The molecule has 1 atom stereocenters. The Morgan fingerprint density at radius 1 is 1.53 bits per heavy atom. The SMILES string of the molecule is CCCCOC(=O)[C@@H](N)Cc1cccc(O)c1. The molecule has 1 aromatic carbocycles. The molecule has 0 fully saturated rings. The Labute approximate surface area is 101 Å². The molecule has 4 nitrogen and oxygen atoms in total. The molecule has 0 aliphatic heterocycles. The van der Waals surface area contributed by atoms with E-state index in [1.807, 2.05) is 13.0 Å². The molecule has 1 aromatic rings. The van der Waals surface area contributed by atoms with Gasteiger partial charge in [-0.15, -0.1) is 0 Å². The molecule has 0 bridgehead atoms. The largest absolute Gasteiger partial charge is 0.508 e. The van der Waals surface area contributed by atoms with Gasteiger partial charge in [0.05, 0.1) is 6.61 Å². The van der Waals surface area contributed by atoms with Crippen molar-refractivity contribution in [2.75, 3.05) is 6.61 Å². The Morgan fingerprint density at radius 2 is 2.29 bits per heavy atom. The van der Waals surface area contributed by atoms with E-state index >= 15 is 0 Å². The summed E-state index contributed by atoms with van der Waals surface area (Å²) >= 11 is 0. The van der Waals surface area contributed by atoms with Crippen LogP contribution in [0.15, 0.2) is 24.3 Å². The summed E-state index contributed by atoms with van der Waals surface area (Å²) in [5, 5.41) is 9.28. The van der Waals surface area contributed by atoms with Crippen LogP contribution in [0.2, 0.25) is 0 Å². The van der Waals surface area contributed by atoms with Crippen molar-refractivity contribution in [3.63, 3.8) is 0 Å². The average Bonchev–Trinajstić information content (AvgIpc) is 2.29. The van der Waals surface area contributed by atoms with Crippen molar-refractivity contribution >= 4 is 5.97 Å². The van der Waals surface area contributed by atoms with Gasteiger partial charge in [0.2, 0.25) is 0 Å². The molecule has 0 saturated carbocycles. The van der Waals surface area contributed by atoms with Gasteiger partial charge in [-0.1, -0.05) is 25.5 Å². The van der Waals surface area contributed by atoms with Gasteiger partial charge in [-0.05, 0) is 30.5 Å². The summed E-state index contributed by atoms with van der Waals surface area (Å²) in [5.41, 5.74) is 6.55. The number of aromatic hydroxyl groups is 1. The Kier molecular flexibility index (Phi) is 5.49. The van der Waals surface area contributed by atoms with E-state index in [0.717, 1.165) is 18.4 Å². The van der Waals surface area contributed by atoms with Crippen molar-refractivity contribution < 1.29 is 14.6 Å². The highest BCUT2D eigenvalue weighted by atomic mass is 16.5. The molecule has 0 saturated heterocycles. The fourth-order valence-electron chi connectivity index (χ4n) is 1.44. The van der Waals surface area contributed by atoms with Gasteiger partial charge in [-0.2, -0.15) is 0 Å². The van der Waals surface area contributed by atoms with E-state index in [-0.39, 0.29) is 11.7 Å². The zero-order valence-electron chi connectivity index (χ0n) is 10.1. The summed E-state index contributed by atoms with van der Waals surface area (Å²) in [6.07, 6.45) is 2.21. The lowest BCUT2D eigenvalue weighted by Gasteiger charge is -2.11. The van der Waals surface area contributed by atoms with E-state index in [4.69, 9.17) is 10.5 Å². The van der Waals surface area contributed by atoms with Gasteiger partial charge in [-0.25, -0.2) is 0 Å². The third kappa shape index (κ3) is 4.87. The van der Waals surface area contributed by atoms with E-state index in [9.17, 15) is 9.90 Å². The molecule has 3 N–H and O–H groups in total. The van der Waals surface area contributed by atoms with Crippen LogP contribution in [-0.2, 0) is 16.0 Å². The number of hydrogen-bond acceptors (Lipinski definition) is 4. The second kappa shape index (κ2) is 6.91. The second-order valence-electron chi connectivity index (χ2n) is 4.00. The minimum absolute atomic E-state index is 0.175. The maximum Gasteiger partial charge on any atom is 0.323 e. The van der Waals surface area contributed by atoms with Crippen molar-refractivity contribution in [1.29, 1.82) is 0 Å². The quantitative estimate of drug-likeness (QED) is 0.582. The van der Waals surface area contributed by atoms with Gasteiger partial charge >= 0.3 is 5.97 Å². The summed E-state index contributed by atoms with van der Waals surface area (Å²) in [6.45, 7) is 2.45. The minimum Gasteiger partial charge on any atom is -0.508 e. The first-order valence-corrected chi connectivity index (χ1v) is 5.83. The predicted octanol–water partition coefficient (Wildman–Crippen LogP) is 1.61. The molecule has 94 valence electrons. The van der Waals surface area contributed by atoms with Gasteiger partial charge in [-0.3, -0.25) is 4.79 Å². The van der Waals surface area contributed by atoms with Crippen LogP contribution in [0.25, 0.3) is 0 Å². The van der Waals surface area contributed by atoms with E-state index in [1.165, 1.54) is 0 Å². The second-order valence-corrected chi connectivity index (χ2v) is 4.00. The van der Waals surface area contributed by atoms with Crippen molar-refractivity contribution in [3.05, 3.63) is 29.8 Å². The molecule has 0 aliphatic carbocycles. The van der Waals surface area contributed by atoms with E-state index in [2.05, 4.69) is 0 Å². The number of hydrogen-bond donors (Lipinski definition) is 2. The molecular weight excluding hydrogens is 218 g/mol. The fraction of sp³-hybridized carbons (Fsp3) is 0.462. The van der Waals surface area contributed by atoms with Crippen molar-refractivity contribution in [2.45, 2.75) is 32.2 Å². The Bertz CT molecular complexity index is 365. The molecular formula is C13H19NO3. The first-order valence-electron chi connectivity index (χ1n) is 5.83. The third-order valence-electron chi connectivity index (χ3n) is 2.41. The molecule has 4 heteroatoms. The number of phenolic OH excluding ortho intramolecular Hbond substituents is 1. The van der Waals surface area contributed by atoms with Crippen LogP contribution in [0, 0.1) is 0 Å². The molecule has 0 radical (unpaired) electrons. The molecule has 0 aliphatic rings. The number of esters is 1. The maximum atomic E-state index is 11.5. The number of carbonyl (C=O) groups excluding carboxylic acids is 1. The van der Waals surface area contributed by atoms with Crippen LogP contribution in [0.4, 0.5) is 0 Å². The van der Waals surface area contributed by atoms with E-state index in [0.29, 0.717) is 13.0 Å². The zero-order chi connectivity index (χ0) is 12.7. The topological polar surface area (TPSA) is 72.5 Å². The summed E-state index contributed by atoms with van der Waals surface area (Å²) in [4.78, 5) is 11.5. The molecule has 0 spiro atoms. The van der Waals surface area contributed by atoms with Crippen molar-refractivity contribution in [3.8, 4) is 5.75 Å². The minimum atomic E-state index is -0.673. The van der Waals surface area contributed by atoms with E-state index in [1.54, 1.807) is 18.2 Å². The lowest BCUT2D eigenvalue weighted by Crippen LogP contribution is -2.34. The smallest absolute Gasteiger partial charge is 0.323 e. The van der Waals surface area contributed by atoms with Crippen LogP contribution < -0.4 is 5.73 Å². The standard InChI is InChI=1S/C13H19NO3/c1-2-3-7-17-13(16)12(14)9-10-5-4-6-11(15)8-10/h4-6,8,12,15H,2-3,7,9,14H2,1H3/t12-/m0/s1. The summed E-state index contributed by atoms with van der Waals surface area (Å²) in [7, 11) is 0. The summed E-state index contributed by atoms with van der Waals surface area (Å²) < 4.78 is 5.02. The van der Waals surface area contributed by atoms with Crippen molar-refractivity contribution in [1.82, 2.24) is 0 Å². The number of phenols is 1. The number of rotatable bonds is 6. The molecule has 0 amide bonds. The average molecular weight is 237 g/mol. The van der Waals surface area contributed by atoms with Gasteiger partial charge in [0, 0.05) is 0 Å². The van der Waals surface area contributed by atoms with Gasteiger partial charge in [0.25, 0.3) is 0 Å². The van der Waals surface area contributed by atoms with Crippen LogP contribution in [0.1, 0.15) is 25.3 Å². The monoisotopic (exact) mass is 237 g/mol. The number of benzene rings is 1. The van der Waals surface area contributed by atoms with Crippen LogP contribution in [0.3, 0.4) is 0 Å². The lowest BCUT2D eigenvalue weighted by atomic mass is 10.1. The van der Waals surface area contributed by atoms with Crippen molar-refractivity contribution in [2.24, 2.45) is 5.73 Å². The van der Waals surface area contributed by atoms with Gasteiger partial charge < -0.3 is 15.6 Å². The first-order chi connectivity index (χ1) is 8.13. The third-order valence-corrected chi connectivity index (χ3v) is 2.41. The van der Waals surface area contributed by atoms with Crippen LogP contribution in [0.5, 0.6) is 5.75 Å². The predicted molar refractivity (Wildman–Crippen MR) is 65.7 cm³/mol. The highest BCUT2D eigenvalue weighted by molar-refractivity contribution is 5.75. The summed E-state index contributed by atoms with van der Waals surface area (Å²) in [6, 6.07) is 6.04. The number of nitrogens with two attached hydrogens (primary N) is 1. The Morgan fingerprint density at radius 3 is 2.94 bits per heavy atom. The number of carbonyl (C=O) groups is 1. The van der Waals surface area contributed by atoms with Gasteiger partial charge in [0.1, 0.15) is 11.8 Å². The Hall–Kier alpha value is -1.55. The van der Waals surface area contributed by atoms with Crippen LogP contribution >= 0.6 is 0 Å². The highest BCUT2D eigenvalue weighted by Gasteiger charge is 2.15. The fourth-order valence-corrected chi connectivity index (χ4v) is 1.44. The molecule has 0 unspecified atom stereocenters. The highest BCUT2D eigenvalue weighted by Crippen LogP contribution is 2.12. The normalized spacial score (nSPS) is 12.1. The summed E-state index contributed by atoms with van der Waals surface area (Å²) in [5.74, 6) is -0.212. The number of ether oxygens (including phenoxy) is 1.